The number of hydrogen-bond donors (Lipinski definition) is 0. The summed E-state index contributed by atoms with van der Waals surface area (Å²) in [5, 5.41) is 0. The number of hydrogen-bond acceptors (Lipinski definition) is 3. The molecule has 82 valence electrons. The highest BCUT2D eigenvalue weighted by molar-refractivity contribution is 7.89. The molecule has 15 heavy (non-hydrogen) atoms. The standard InChI is InChI=1S/C10H13NO3S/c1-8(12)9-6-4-5-7-10(9)15(13,14)11(2)3/h4-7H,1-3H3. The Morgan fingerprint density at radius 1 is 1.20 bits per heavy atom. The number of benzene rings is 1. The van der Waals surface area contributed by atoms with Crippen LogP contribution in [0.1, 0.15) is 17.3 Å². The number of nitrogens with zero attached hydrogens (tertiary/aromatic N) is 1. The average Bonchev–Trinajstić information content (AvgIpc) is 2.17. The van der Waals surface area contributed by atoms with E-state index in [1.54, 1.807) is 12.1 Å². The molecule has 1 rings (SSSR count). The lowest BCUT2D eigenvalue weighted by atomic mass is 10.1. The number of rotatable bonds is 3. The van der Waals surface area contributed by atoms with Crippen molar-refractivity contribution in [1.29, 1.82) is 0 Å². The molecule has 0 amide bonds. The van der Waals surface area contributed by atoms with E-state index in [4.69, 9.17) is 0 Å². The number of carbonyl (C=O) groups excluding carboxylic acids is 1. The van der Waals surface area contributed by atoms with E-state index in [-0.39, 0.29) is 16.2 Å². The van der Waals surface area contributed by atoms with Crippen molar-refractivity contribution in [2.75, 3.05) is 14.1 Å². The molecule has 0 spiro atoms. The third-order valence-corrected chi connectivity index (χ3v) is 3.90. The second-order valence-electron chi connectivity index (χ2n) is 3.34. The lowest BCUT2D eigenvalue weighted by Crippen LogP contribution is -2.24. The molecule has 4 nitrogen and oxygen atoms in total. The van der Waals surface area contributed by atoms with Crippen LogP contribution in [0.15, 0.2) is 29.2 Å². The van der Waals surface area contributed by atoms with E-state index in [9.17, 15) is 13.2 Å². The molecular formula is C10H13NO3S. The molecule has 0 fully saturated rings. The first-order valence-electron chi connectivity index (χ1n) is 4.40. The Morgan fingerprint density at radius 3 is 2.20 bits per heavy atom. The molecule has 0 N–H and O–H groups in total. The highest BCUT2D eigenvalue weighted by atomic mass is 32.2. The van der Waals surface area contributed by atoms with Gasteiger partial charge in [-0.2, -0.15) is 0 Å². The maximum Gasteiger partial charge on any atom is 0.243 e. The number of sulfonamides is 1. The molecule has 0 aromatic heterocycles. The summed E-state index contributed by atoms with van der Waals surface area (Å²) >= 11 is 0. The van der Waals surface area contributed by atoms with Crippen molar-refractivity contribution in [3.63, 3.8) is 0 Å². The average molecular weight is 227 g/mol. The van der Waals surface area contributed by atoms with Gasteiger partial charge in [-0.05, 0) is 13.0 Å². The Labute approximate surface area is 89.6 Å². The van der Waals surface area contributed by atoms with Crippen LogP contribution in [0.2, 0.25) is 0 Å². The zero-order chi connectivity index (χ0) is 11.6. The predicted molar refractivity (Wildman–Crippen MR) is 57.3 cm³/mol. The molecule has 0 saturated carbocycles. The van der Waals surface area contributed by atoms with Gasteiger partial charge in [-0.25, -0.2) is 12.7 Å². The molecule has 0 bridgehead atoms. The zero-order valence-corrected chi connectivity index (χ0v) is 9.71. The minimum absolute atomic E-state index is 0.0579. The first-order chi connectivity index (χ1) is 6.87. The minimum Gasteiger partial charge on any atom is -0.294 e. The van der Waals surface area contributed by atoms with E-state index in [2.05, 4.69) is 0 Å². The molecule has 1 aromatic rings. The van der Waals surface area contributed by atoms with Crippen LogP contribution in [0.4, 0.5) is 0 Å². The van der Waals surface area contributed by atoms with Gasteiger partial charge < -0.3 is 0 Å². The van der Waals surface area contributed by atoms with Crippen molar-refractivity contribution in [3.8, 4) is 0 Å². The minimum atomic E-state index is -3.54. The van der Waals surface area contributed by atoms with Gasteiger partial charge in [0.1, 0.15) is 0 Å². The third-order valence-electron chi connectivity index (χ3n) is 2.02. The van der Waals surface area contributed by atoms with Gasteiger partial charge in [-0.3, -0.25) is 4.79 Å². The quantitative estimate of drug-likeness (QED) is 0.728. The van der Waals surface area contributed by atoms with Crippen LogP contribution in [0.5, 0.6) is 0 Å². The van der Waals surface area contributed by atoms with Gasteiger partial charge in [0, 0.05) is 19.7 Å². The fraction of sp³-hybridized carbons (Fsp3) is 0.300. The highest BCUT2D eigenvalue weighted by Gasteiger charge is 2.22. The Balaban J connectivity index is 3.45. The maximum absolute atomic E-state index is 11.8. The van der Waals surface area contributed by atoms with Crippen LogP contribution < -0.4 is 0 Å². The van der Waals surface area contributed by atoms with Crippen LogP contribution in [-0.4, -0.2) is 32.6 Å². The SMILES string of the molecule is CC(=O)c1ccccc1S(=O)(=O)N(C)C. The summed E-state index contributed by atoms with van der Waals surface area (Å²) < 4.78 is 24.8. The molecule has 0 aliphatic heterocycles. The van der Waals surface area contributed by atoms with E-state index >= 15 is 0 Å². The summed E-state index contributed by atoms with van der Waals surface area (Å²) in [5.41, 5.74) is 0.228. The summed E-state index contributed by atoms with van der Waals surface area (Å²) in [4.78, 5) is 11.3. The molecule has 1 aromatic carbocycles. The van der Waals surface area contributed by atoms with Gasteiger partial charge in [0.05, 0.1) is 4.90 Å². The Morgan fingerprint density at radius 2 is 1.73 bits per heavy atom. The molecule has 5 heteroatoms. The van der Waals surface area contributed by atoms with Crippen molar-refractivity contribution in [1.82, 2.24) is 4.31 Å². The molecular weight excluding hydrogens is 214 g/mol. The summed E-state index contributed by atoms with van der Waals surface area (Å²) in [6.45, 7) is 1.35. The fourth-order valence-corrected chi connectivity index (χ4v) is 2.31. The Kier molecular flexibility index (Phi) is 3.26. The van der Waals surface area contributed by atoms with E-state index in [0.717, 1.165) is 4.31 Å². The predicted octanol–water partition coefficient (Wildman–Crippen LogP) is 1.14. The molecule has 0 unspecified atom stereocenters. The van der Waals surface area contributed by atoms with E-state index < -0.39 is 10.0 Å². The van der Waals surface area contributed by atoms with Crippen molar-refractivity contribution < 1.29 is 13.2 Å². The lowest BCUT2D eigenvalue weighted by Gasteiger charge is -2.13. The van der Waals surface area contributed by atoms with Crippen molar-refractivity contribution in [2.45, 2.75) is 11.8 Å². The van der Waals surface area contributed by atoms with Gasteiger partial charge in [0.15, 0.2) is 5.78 Å². The van der Waals surface area contributed by atoms with Gasteiger partial charge >= 0.3 is 0 Å². The number of Topliss-reactive ketones (excluding diaryl/α,β-unsaturated/α-hetero) is 1. The van der Waals surface area contributed by atoms with E-state index in [1.165, 1.54) is 33.2 Å². The van der Waals surface area contributed by atoms with Crippen LogP contribution in [0.3, 0.4) is 0 Å². The van der Waals surface area contributed by atoms with Gasteiger partial charge in [-0.1, -0.05) is 18.2 Å². The summed E-state index contributed by atoms with van der Waals surface area (Å²) in [5.74, 6) is -0.254. The van der Waals surface area contributed by atoms with Crippen LogP contribution in [0.25, 0.3) is 0 Å². The molecule has 0 radical (unpaired) electrons. The summed E-state index contributed by atoms with van der Waals surface area (Å²) in [7, 11) is -0.667. The zero-order valence-electron chi connectivity index (χ0n) is 8.89. The third kappa shape index (κ3) is 2.24. The summed E-state index contributed by atoms with van der Waals surface area (Å²) in [6.07, 6.45) is 0. The maximum atomic E-state index is 11.8. The largest absolute Gasteiger partial charge is 0.294 e. The molecule has 0 heterocycles. The number of ketones is 1. The second kappa shape index (κ2) is 4.12. The molecule has 0 aliphatic rings. The Bertz CT molecular complexity index is 477. The van der Waals surface area contributed by atoms with Crippen LogP contribution in [-0.2, 0) is 10.0 Å². The second-order valence-corrected chi connectivity index (χ2v) is 5.46. The van der Waals surface area contributed by atoms with Gasteiger partial charge in [0.25, 0.3) is 0 Å². The van der Waals surface area contributed by atoms with E-state index in [0.29, 0.717) is 0 Å². The first-order valence-corrected chi connectivity index (χ1v) is 5.84. The molecule has 0 aliphatic carbocycles. The van der Waals surface area contributed by atoms with Crippen molar-refractivity contribution in [2.24, 2.45) is 0 Å². The first kappa shape index (κ1) is 11.9. The van der Waals surface area contributed by atoms with Gasteiger partial charge in [0.2, 0.25) is 10.0 Å². The topological polar surface area (TPSA) is 54.5 Å². The summed E-state index contributed by atoms with van der Waals surface area (Å²) in [6, 6.07) is 6.19. The van der Waals surface area contributed by atoms with E-state index in [1.807, 2.05) is 0 Å². The normalized spacial score (nSPS) is 11.7. The lowest BCUT2D eigenvalue weighted by molar-refractivity contribution is 0.101. The molecule has 0 saturated heterocycles. The molecule has 0 atom stereocenters. The van der Waals surface area contributed by atoms with Crippen molar-refractivity contribution >= 4 is 15.8 Å². The number of carbonyl (C=O) groups is 1. The smallest absolute Gasteiger partial charge is 0.243 e. The van der Waals surface area contributed by atoms with Crippen molar-refractivity contribution in [3.05, 3.63) is 29.8 Å². The van der Waals surface area contributed by atoms with Crippen LogP contribution in [0, 0.1) is 0 Å². The van der Waals surface area contributed by atoms with Gasteiger partial charge in [-0.15, -0.1) is 0 Å². The monoisotopic (exact) mass is 227 g/mol. The Hall–Kier alpha value is -1.20. The fourth-order valence-electron chi connectivity index (χ4n) is 1.18. The highest BCUT2D eigenvalue weighted by Crippen LogP contribution is 2.18. The van der Waals surface area contributed by atoms with Crippen LogP contribution >= 0.6 is 0 Å².